The molecule has 4 aromatic carbocycles. The molecule has 2 heteroatoms. The van der Waals surface area contributed by atoms with Crippen molar-refractivity contribution in [3.05, 3.63) is 90.4 Å². The Labute approximate surface area is 150 Å². The molecule has 1 nitrogen and oxygen atoms in total. The van der Waals surface area contributed by atoms with Crippen molar-refractivity contribution in [2.24, 2.45) is 0 Å². The Bertz CT molecular complexity index is 1300. The monoisotopic (exact) mass is 337 g/mol. The molecule has 0 amide bonds. The molecule has 0 spiro atoms. The van der Waals surface area contributed by atoms with Crippen molar-refractivity contribution in [3.8, 4) is 11.3 Å². The largest absolute Gasteiger partial charge is 0.255 e. The van der Waals surface area contributed by atoms with Crippen molar-refractivity contribution in [2.75, 3.05) is 0 Å². The van der Waals surface area contributed by atoms with Crippen LogP contribution < -0.4 is 0 Å². The lowest BCUT2D eigenvalue weighted by Crippen LogP contribution is -1.91. The number of rotatable bonds is 1. The number of pyridine rings is 1. The average molecular weight is 337 g/mol. The van der Waals surface area contributed by atoms with E-state index in [-0.39, 0.29) is 5.82 Å². The second kappa shape index (κ2) is 5.63. The summed E-state index contributed by atoms with van der Waals surface area (Å²) in [6.45, 7) is 2.09. The van der Waals surface area contributed by atoms with Crippen molar-refractivity contribution in [2.45, 2.75) is 6.92 Å². The Morgan fingerprint density at radius 1 is 0.692 bits per heavy atom. The highest BCUT2D eigenvalue weighted by atomic mass is 19.1. The molecule has 1 heterocycles. The normalized spacial score (nSPS) is 11.5. The summed E-state index contributed by atoms with van der Waals surface area (Å²) in [5.41, 5.74) is 2.46. The average Bonchev–Trinajstić information content (AvgIpc) is 2.66. The van der Waals surface area contributed by atoms with Crippen LogP contribution in [0.2, 0.25) is 0 Å². The van der Waals surface area contributed by atoms with E-state index in [9.17, 15) is 4.39 Å². The number of halogens is 1. The molecule has 0 aliphatic heterocycles. The summed E-state index contributed by atoms with van der Waals surface area (Å²) in [5.74, 6) is -0.243. The first-order chi connectivity index (χ1) is 12.7. The second-order valence-corrected chi connectivity index (χ2v) is 6.72. The summed E-state index contributed by atoms with van der Waals surface area (Å²) in [6, 6.07) is 23.9. The zero-order valence-electron chi connectivity index (χ0n) is 14.3. The number of hydrogen-bond donors (Lipinski definition) is 0. The molecule has 0 saturated heterocycles. The van der Waals surface area contributed by atoms with E-state index in [2.05, 4.69) is 36.2 Å². The SMILES string of the molecule is Cc1ccc2c(ccc3c(-c4cc5ccccc5cc4F)nccc32)c1. The third kappa shape index (κ3) is 2.26. The molecule has 0 N–H and O–H groups in total. The summed E-state index contributed by atoms with van der Waals surface area (Å²) >= 11 is 0. The van der Waals surface area contributed by atoms with Gasteiger partial charge in [-0.15, -0.1) is 0 Å². The van der Waals surface area contributed by atoms with Gasteiger partial charge in [0.2, 0.25) is 0 Å². The second-order valence-electron chi connectivity index (χ2n) is 6.72. The lowest BCUT2D eigenvalue weighted by molar-refractivity contribution is 0.633. The molecule has 0 bridgehead atoms. The standard InChI is InChI=1S/C24H16FN/c1-15-6-8-19-18(12-15)7-9-21-20(19)10-11-26-24(21)22-13-16-4-2-3-5-17(16)14-23(22)25/h2-14H,1H3. The zero-order chi connectivity index (χ0) is 17.7. The van der Waals surface area contributed by atoms with Crippen molar-refractivity contribution in [3.63, 3.8) is 0 Å². The van der Waals surface area contributed by atoms with Crippen LogP contribution in [0.1, 0.15) is 5.56 Å². The lowest BCUT2D eigenvalue weighted by Gasteiger charge is -2.11. The first-order valence-corrected chi connectivity index (χ1v) is 8.67. The van der Waals surface area contributed by atoms with Crippen LogP contribution in [0.5, 0.6) is 0 Å². The molecular formula is C24H16FN. The van der Waals surface area contributed by atoms with Crippen LogP contribution in [0.25, 0.3) is 43.6 Å². The van der Waals surface area contributed by atoms with Crippen molar-refractivity contribution < 1.29 is 4.39 Å². The van der Waals surface area contributed by atoms with Crippen molar-refractivity contribution in [1.29, 1.82) is 0 Å². The van der Waals surface area contributed by atoms with Gasteiger partial charge in [-0.05, 0) is 52.1 Å². The van der Waals surface area contributed by atoms with E-state index >= 15 is 0 Å². The highest BCUT2D eigenvalue weighted by molar-refractivity contribution is 6.11. The fraction of sp³-hybridized carbons (Fsp3) is 0.0417. The van der Waals surface area contributed by atoms with E-state index in [1.807, 2.05) is 42.5 Å². The minimum atomic E-state index is -0.243. The molecule has 0 fully saturated rings. The summed E-state index contributed by atoms with van der Waals surface area (Å²) in [5, 5.41) is 6.33. The number of hydrogen-bond acceptors (Lipinski definition) is 1. The third-order valence-electron chi connectivity index (χ3n) is 5.01. The molecule has 26 heavy (non-hydrogen) atoms. The van der Waals surface area contributed by atoms with Gasteiger partial charge in [0.15, 0.2) is 0 Å². The van der Waals surface area contributed by atoms with Gasteiger partial charge in [0, 0.05) is 17.1 Å². The van der Waals surface area contributed by atoms with Crippen LogP contribution in [-0.4, -0.2) is 4.98 Å². The van der Waals surface area contributed by atoms with Gasteiger partial charge >= 0.3 is 0 Å². The molecule has 5 rings (SSSR count). The maximum atomic E-state index is 14.9. The molecule has 0 unspecified atom stereocenters. The number of benzene rings is 4. The number of fused-ring (bicyclic) bond motifs is 4. The Morgan fingerprint density at radius 2 is 1.46 bits per heavy atom. The molecule has 0 atom stereocenters. The molecular weight excluding hydrogens is 321 g/mol. The maximum Gasteiger partial charge on any atom is 0.133 e. The molecule has 0 aliphatic carbocycles. The van der Waals surface area contributed by atoms with Gasteiger partial charge in [-0.1, -0.05) is 60.2 Å². The van der Waals surface area contributed by atoms with E-state index in [1.165, 1.54) is 10.9 Å². The van der Waals surface area contributed by atoms with Crippen LogP contribution in [0.15, 0.2) is 79.0 Å². The van der Waals surface area contributed by atoms with Gasteiger partial charge < -0.3 is 0 Å². The zero-order valence-corrected chi connectivity index (χ0v) is 14.3. The smallest absolute Gasteiger partial charge is 0.133 e. The van der Waals surface area contributed by atoms with E-state index in [0.29, 0.717) is 11.3 Å². The first kappa shape index (κ1) is 15.0. The van der Waals surface area contributed by atoms with E-state index in [1.54, 1.807) is 12.3 Å². The minimum absolute atomic E-state index is 0.243. The van der Waals surface area contributed by atoms with Gasteiger partial charge in [-0.2, -0.15) is 0 Å². The van der Waals surface area contributed by atoms with Crippen LogP contribution in [0.3, 0.4) is 0 Å². The number of aryl methyl sites for hydroxylation is 1. The third-order valence-corrected chi connectivity index (χ3v) is 5.01. The minimum Gasteiger partial charge on any atom is -0.255 e. The topological polar surface area (TPSA) is 12.9 Å². The summed E-state index contributed by atoms with van der Waals surface area (Å²) in [7, 11) is 0. The van der Waals surface area contributed by atoms with Gasteiger partial charge in [0.05, 0.1) is 5.69 Å². The van der Waals surface area contributed by atoms with Crippen molar-refractivity contribution >= 4 is 32.3 Å². The summed E-state index contributed by atoms with van der Waals surface area (Å²) in [6.07, 6.45) is 1.77. The molecule has 1 aromatic heterocycles. The van der Waals surface area contributed by atoms with E-state index in [0.717, 1.165) is 26.9 Å². The number of nitrogens with zero attached hydrogens (tertiary/aromatic N) is 1. The molecule has 0 saturated carbocycles. The lowest BCUT2D eigenvalue weighted by atomic mass is 9.96. The Morgan fingerprint density at radius 3 is 2.31 bits per heavy atom. The predicted octanol–water partition coefficient (Wildman–Crippen LogP) is 6.66. The predicted molar refractivity (Wildman–Crippen MR) is 107 cm³/mol. The molecule has 5 aromatic rings. The quantitative estimate of drug-likeness (QED) is 0.312. The van der Waals surface area contributed by atoms with Crippen LogP contribution in [-0.2, 0) is 0 Å². The van der Waals surface area contributed by atoms with Gasteiger partial charge in [-0.25, -0.2) is 4.39 Å². The van der Waals surface area contributed by atoms with Crippen molar-refractivity contribution in [1.82, 2.24) is 4.98 Å². The highest BCUT2D eigenvalue weighted by Crippen LogP contribution is 2.34. The Balaban J connectivity index is 1.85. The van der Waals surface area contributed by atoms with Gasteiger partial charge in [0.1, 0.15) is 5.82 Å². The Hall–Kier alpha value is -3.26. The highest BCUT2D eigenvalue weighted by Gasteiger charge is 2.13. The van der Waals surface area contributed by atoms with Crippen LogP contribution in [0, 0.1) is 12.7 Å². The number of aromatic nitrogens is 1. The molecule has 0 radical (unpaired) electrons. The van der Waals surface area contributed by atoms with E-state index < -0.39 is 0 Å². The van der Waals surface area contributed by atoms with Crippen LogP contribution >= 0.6 is 0 Å². The first-order valence-electron chi connectivity index (χ1n) is 8.67. The van der Waals surface area contributed by atoms with E-state index in [4.69, 9.17) is 0 Å². The van der Waals surface area contributed by atoms with Gasteiger partial charge in [0.25, 0.3) is 0 Å². The fourth-order valence-electron chi connectivity index (χ4n) is 3.72. The van der Waals surface area contributed by atoms with Crippen LogP contribution in [0.4, 0.5) is 4.39 Å². The Kier molecular flexibility index (Phi) is 3.26. The summed E-state index contributed by atoms with van der Waals surface area (Å²) in [4.78, 5) is 4.53. The maximum absolute atomic E-state index is 14.9. The summed E-state index contributed by atoms with van der Waals surface area (Å²) < 4.78 is 14.9. The molecule has 124 valence electrons. The molecule has 0 aliphatic rings. The fourth-order valence-corrected chi connectivity index (χ4v) is 3.72. The van der Waals surface area contributed by atoms with Gasteiger partial charge in [-0.3, -0.25) is 4.98 Å².